The van der Waals surface area contributed by atoms with Gasteiger partial charge in [0.1, 0.15) is 17.6 Å². The quantitative estimate of drug-likeness (QED) is 0.869. The van der Waals surface area contributed by atoms with Crippen molar-refractivity contribution in [2.45, 2.75) is 32.5 Å². The highest BCUT2D eigenvalue weighted by Crippen LogP contribution is 2.39. The van der Waals surface area contributed by atoms with E-state index in [0.29, 0.717) is 23.6 Å². The third-order valence-electron chi connectivity index (χ3n) is 4.28. The number of benzene rings is 1. The Hall–Kier alpha value is -1.79. The number of β-amino-alcohol motifs (C(OH)–C–C–N with tert-alkyl or cyclic N) is 1. The molecule has 6 nitrogen and oxygen atoms in total. The number of amides is 1. The Bertz CT molecular complexity index is 559. The minimum Gasteiger partial charge on any atom is -0.496 e. The standard InChI is InChI=1S/C16H24N2O4/c1-9(10(2)17)16(20)18-7-11-13(21-3)5-6-14(22-4)15(11)12(19)8-18/h5-6,9-10,12,19H,7-8,17H2,1-4H3. The molecule has 3 unspecified atom stereocenters. The first-order valence-corrected chi connectivity index (χ1v) is 7.36. The van der Waals surface area contributed by atoms with Crippen LogP contribution in [0.2, 0.25) is 0 Å². The van der Waals surface area contributed by atoms with Gasteiger partial charge in [0, 0.05) is 23.7 Å². The fourth-order valence-corrected chi connectivity index (χ4v) is 2.76. The summed E-state index contributed by atoms with van der Waals surface area (Å²) < 4.78 is 10.7. The molecule has 1 aromatic carbocycles. The molecule has 2 rings (SSSR count). The van der Waals surface area contributed by atoms with Gasteiger partial charge in [-0.15, -0.1) is 0 Å². The largest absolute Gasteiger partial charge is 0.496 e. The van der Waals surface area contributed by atoms with Crippen molar-refractivity contribution in [2.24, 2.45) is 11.7 Å². The Morgan fingerprint density at radius 3 is 2.45 bits per heavy atom. The van der Waals surface area contributed by atoms with Crippen LogP contribution in [0.25, 0.3) is 0 Å². The van der Waals surface area contributed by atoms with Crippen LogP contribution in [-0.4, -0.2) is 42.7 Å². The summed E-state index contributed by atoms with van der Waals surface area (Å²) in [6, 6.07) is 3.31. The second-order valence-electron chi connectivity index (χ2n) is 5.74. The molecule has 3 atom stereocenters. The molecule has 22 heavy (non-hydrogen) atoms. The maximum Gasteiger partial charge on any atom is 0.227 e. The van der Waals surface area contributed by atoms with Crippen LogP contribution in [0.4, 0.5) is 0 Å². The maximum absolute atomic E-state index is 12.5. The van der Waals surface area contributed by atoms with Crippen LogP contribution in [0.3, 0.4) is 0 Å². The van der Waals surface area contributed by atoms with Crippen LogP contribution in [0.1, 0.15) is 31.1 Å². The van der Waals surface area contributed by atoms with Crippen molar-refractivity contribution in [2.75, 3.05) is 20.8 Å². The molecule has 0 spiro atoms. The number of nitrogens with zero attached hydrogens (tertiary/aromatic N) is 1. The second-order valence-corrected chi connectivity index (χ2v) is 5.74. The Morgan fingerprint density at radius 2 is 1.91 bits per heavy atom. The normalized spacial score (nSPS) is 20.1. The molecule has 6 heteroatoms. The molecule has 0 saturated carbocycles. The lowest BCUT2D eigenvalue weighted by molar-refractivity contribution is -0.138. The first kappa shape index (κ1) is 16.6. The molecule has 0 saturated heterocycles. The van der Waals surface area contributed by atoms with Gasteiger partial charge in [-0.25, -0.2) is 0 Å². The SMILES string of the molecule is COc1ccc(OC)c2c1CN(C(=O)C(C)C(C)N)CC2O. The van der Waals surface area contributed by atoms with Crippen molar-refractivity contribution in [3.63, 3.8) is 0 Å². The third-order valence-corrected chi connectivity index (χ3v) is 4.28. The van der Waals surface area contributed by atoms with Gasteiger partial charge in [-0.3, -0.25) is 4.79 Å². The van der Waals surface area contributed by atoms with E-state index >= 15 is 0 Å². The zero-order valence-corrected chi connectivity index (χ0v) is 13.5. The first-order valence-electron chi connectivity index (χ1n) is 7.36. The van der Waals surface area contributed by atoms with Crippen LogP contribution in [0.5, 0.6) is 11.5 Å². The average Bonchev–Trinajstić information content (AvgIpc) is 2.51. The summed E-state index contributed by atoms with van der Waals surface area (Å²) >= 11 is 0. The average molecular weight is 308 g/mol. The molecule has 0 aliphatic carbocycles. The van der Waals surface area contributed by atoms with Gasteiger partial charge in [-0.2, -0.15) is 0 Å². The van der Waals surface area contributed by atoms with Gasteiger partial charge in [0.05, 0.1) is 26.7 Å². The molecule has 1 aliphatic rings. The molecule has 1 aliphatic heterocycles. The van der Waals surface area contributed by atoms with E-state index in [9.17, 15) is 9.90 Å². The number of carbonyl (C=O) groups excluding carboxylic acids is 1. The van der Waals surface area contributed by atoms with E-state index in [4.69, 9.17) is 15.2 Å². The van der Waals surface area contributed by atoms with E-state index in [-0.39, 0.29) is 24.4 Å². The Balaban J connectivity index is 2.38. The number of carbonyl (C=O) groups is 1. The molecule has 0 aromatic heterocycles. The van der Waals surface area contributed by atoms with Crippen molar-refractivity contribution < 1.29 is 19.4 Å². The van der Waals surface area contributed by atoms with Crippen molar-refractivity contribution in [3.8, 4) is 11.5 Å². The molecular weight excluding hydrogens is 284 g/mol. The van der Waals surface area contributed by atoms with Crippen molar-refractivity contribution in [3.05, 3.63) is 23.3 Å². The predicted molar refractivity (Wildman–Crippen MR) is 82.7 cm³/mol. The Morgan fingerprint density at radius 1 is 1.32 bits per heavy atom. The lowest BCUT2D eigenvalue weighted by Crippen LogP contribution is -2.45. The monoisotopic (exact) mass is 308 g/mol. The smallest absolute Gasteiger partial charge is 0.227 e. The number of aliphatic hydroxyl groups excluding tert-OH is 1. The topological polar surface area (TPSA) is 85.0 Å². The molecular formula is C16H24N2O4. The van der Waals surface area contributed by atoms with Crippen LogP contribution in [0.15, 0.2) is 12.1 Å². The highest BCUT2D eigenvalue weighted by molar-refractivity contribution is 5.79. The Labute approximate surface area is 130 Å². The zero-order chi connectivity index (χ0) is 16.4. The van der Waals surface area contributed by atoms with Crippen molar-refractivity contribution in [1.82, 2.24) is 4.90 Å². The van der Waals surface area contributed by atoms with Crippen molar-refractivity contribution in [1.29, 1.82) is 0 Å². The summed E-state index contributed by atoms with van der Waals surface area (Å²) in [5.41, 5.74) is 7.30. The number of nitrogens with two attached hydrogens (primary N) is 1. The molecule has 1 aromatic rings. The van der Waals surface area contributed by atoms with Gasteiger partial charge in [0.25, 0.3) is 0 Å². The summed E-state index contributed by atoms with van der Waals surface area (Å²) in [5.74, 6) is 0.881. The lowest BCUT2D eigenvalue weighted by Gasteiger charge is -2.35. The zero-order valence-electron chi connectivity index (χ0n) is 13.5. The number of ether oxygens (including phenoxy) is 2. The van der Waals surface area contributed by atoms with E-state index in [1.165, 1.54) is 0 Å². The third kappa shape index (κ3) is 2.89. The number of rotatable bonds is 4. The van der Waals surface area contributed by atoms with Gasteiger partial charge in [0.15, 0.2) is 0 Å². The van der Waals surface area contributed by atoms with E-state index in [0.717, 1.165) is 5.56 Å². The maximum atomic E-state index is 12.5. The summed E-state index contributed by atoms with van der Waals surface area (Å²) in [7, 11) is 3.13. The van der Waals surface area contributed by atoms with E-state index in [1.807, 2.05) is 0 Å². The van der Waals surface area contributed by atoms with E-state index in [1.54, 1.807) is 45.1 Å². The molecule has 0 bridgehead atoms. The molecule has 1 amide bonds. The summed E-state index contributed by atoms with van der Waals surface area (Å²) in [5, 5.41) is 10.5. The first-order chi connectivity index (χ1) is 10.4. The highest BCUT2D eigenvalue weighted by atomic mass is 16.5. The van der Waals surface area contributed by atoms with Gasteiger partial charge in [0.2, 0.25) is 5.91 Å². The van der Waals surface area contributed by atoms with Gasteiger partial charge in [-0.1, -0.05) is 6.92 Å². The van der Waals surface area contributed by atoms with Gasteiger partial charge >= 0.3 is 0 Å². The lowest BCUT2D eigenvalue weighted by atomic mass is 9.93. The summed E-state index contributed by atoms with van der Waals surface area (Å²) in [6.45, 7) is 4.22. The molecule has 3 N–H and O–H groups in total. The van der Waals surface area contributed by atoms with Crippen LogP contribution >= 0.6 is 0 Å². The highest BCUT2D eigenvalue weighted by Gasteiger charge is 2.34. The van der Waals surface area contributed by atoms with Crippen LogP contribution in [-0.2, 0) is 11.3 Å². The fraction of sp³-hybridized carbons (Fsp3) is 0.562. The number of hydrogen-bond donors (Lipinski definition) is 2. The number of fused-ring (bicyclic) bond motifs is 1. The minimum atomic E-state index is -0.807. The van der Waals surface area contributed by atoms with Crippen LogP contribution < -0.4 is 15.2 Å². The van der Waals surface area contributed by atoms with Gasteiger partial charge in [-0.05, 0) is 19.1 Å². The Kier molecular flexibility index (Phi) is 4.93. The molecule has 122 valence electrons. The number of aliphatic hydroxyl groups is 1. The van der Waals surface area contributed by atoms with E-state index in [2.05, 4.69) is 0 Å². The fourth-order valence-electron chi connectivity index (χ4n) is 2.76. The number of methoxy groups -OCH3 is 2. The van der Waals surface area contributed by atoms with Gasteiger partial charge < -0.3 is 25.2 Å². The minimum absolute atomic E-state index is 0.0652. The second kappa shape index (κ2) is 6.54. The van der Waals surface area contributed by atoms with Crippen LogP contribution in [0, 0.1) is 5.92 Å². The molecule has 1 heterocycles. The molecule has 0 radical (unpaired) electrons. The van der Waals surface area contributed by atoms with E-state index < -0.39 is 6.10 Å². The number of hydrogen-bond acceptors (Lipinski definition) is 5. The molecule has 0 fully saturated rings. The summed E-state index contributed by atoms with van der Waals surface area (Å²) in [4.78, 5) is 14.1. The van der Waals surface area contributed by atoms with Crippen molar-refractivity contribution >= 4 is 5.91 Å². The predicted octanol–water partition coefficient (Wildman–Crippen LogP) is 1.06. The summed E-state index contributed by atoms with van der Waals surface area (Å²) in [6.07, 6.45) is -0.807.